The summed E-state index contributed by atoms with van der Waals surface area (Å²) in [4.78, 5) is 59.3. The molecule has 0 bridgehead atoms. The highest BCUT2D eigenvalue weighted by atomic mass is 35.5. The SMILES string of the molecule is Cc1cc(C(=O)N2Cc3cnn(C)c3Cc3ccccc32)ccc1CCC(=O)CC1CCN(CCC(C)(C)C)CC1.Cc1cc(C(=O)N2Cc3cnn(C)c3Cc3ccccc32)ccc1CCC(=O)CC1CCNCC1.Cl. The van der Waals surface area contributed by atoms with Crippen LogP contribution in [0.25, 0.3) is 0 Å². The number of nitrogens with zero attached hydrogens (tertiary/aromatic N) is 7. The molecule has 0 radical (unpaired) electrons. The van der Waals surface area contributed by atoms with Crippen LogP contribution in [0.2, 0.25) is 0 Å². The van der Waals surface area contributed by atoms with E-state index in [1.807, 2.05) is 125 Å². The van der Waals surface area contributed by atoms with E-state index in [-0.39, 0.29) is 24.2 Å². The molecule has 77 heavy (non-hydrogen) atoms. The van der Waals surface area contributed by atoms with Gasteiger partial charge in [-0.25, -0.2) is 0 Å². The number of aryl methyl sites for hydroxylation is 6. The average molecular weight is 1060 g/mol. The second kappa shape index (κ2) is 25.5. The van der Waals surface area contributed by atoms with Gasteiger partial charge in [-0.15, -0.1) is 12.4 Å². The summed E-state index contributed by atoms with van der Waals surface area (Å²) in [5.74, 6) is 1.75. The Bertz CT molecular complexity index is 3040. The molecule has 0 unspecified atom stereocenters. The van der Waals surface area contributed by atoms with E-state index >= 15 is 0 Å². The number of aromatic nitrogens is 4. The Morgan fingerprint density at radius 3 is 1.48 bits per heavy atom. The number of carbonyl (C=O) groups excluding carboxylic acids is 4. The van der Waals surface area contributed by atoms with Crippen LogP contribution in [0, 0.1) is 31.1 Å². The number of hydrogen-bond donors (Lipinski definition) is 1. The van der Waals surface area contributed by atoms with Crippen LogP contribution in [-0.2, 0) is 62.5 Å². The van der Waals surface area contributed by atoms with Crippen molar-refractivity contribution in [3.05, 3.63) is 164 Å². The number of likely N-dealkylation sites (tertiary alicyclic amines) is 1. The van der Waals surface area contributed by atoms with Gasteiger partial charge in [0, 0.05) is 97.6 Å². The lowest BCUT2D eigenvalue weighted by Gasteiger charge is -2.33. The lowest BCUT2D eigenvalue weighted by atomic mass is 9.88. The van der Waals surface area contributed by atoms with Gasteiger partial charge in [-0.1, -0.05) is 69.3 Å². The maximum atomic E-state index is 13.8. The fourth-order valence-corrected chi connectivity index (χ4v) is 11.7. The van der Waals surface area contributed by atoms with E-state index in [9.17, 15) is 19.2 Å². The first-order chi connectivity index (χ1) is 36.6. The second-order valence-corrected chi connectivity index (χ2v) is 23.4. The van der Waals surface area contributed by atoms with Crippen molar-refractivity contribution in [2.75, 3.05) is 42.5 Å². The fourth-order valence-electron chi connectivity index (χ4n) is 11.7. The molecule has 408 valence electrons. The van der Waals surface area contributed by atoms with E-state index in [0.717, 1.165) is 151 Å². The number of Topliss-reactive ketones (excluding diaryl/α,β-unsaturated/α-hetero) is 2. The zero-order valence-electron chi connectivity index (χ0n) is 46.7. The first-order valence-electron chi connectivity index (χ1n) is 28.0. The van der Waals surface area contributed by atoms with E-state index in [1.165, 1.54) is 6.42 Å². The van der Waals surface area contributed by atoms with Crippen LogP contribution < -0.4 is 15.1 Å². The van der Waals surface area contributed by atoms with Crippen molar-refractivity contribution in [1.29, 1.82) is 0 Å². The zero-order valence-corrected chi connectivity index (χ0v) is 47.5. The molecule has 4 aromatic carbocycles. The number of amides is 2. The van der Waals surface area contributed by atoms with Gasteiger partial charge in [-0.2, -0.15) is 10.2 Å². The Morgan fingerprint density at radius 1 is 0.597 bits per heavy atom. The highest BCUT2D eigenvalue weighted by Crippen LogP contribution is 2.34. The Morgan fingerprint density at radius 2 is 1.04 bits per heavy atom. The Labute approximate surface area is 463 Å². The van der Waals surface area contributed by atoms with Gasteiger partial charge < -0.3 is 20.0 Å². The summed E-state index contributed by atoms with van der Waals surface area (Å²) in [6.45, 7) is 17.5. The van der Waals surface area contributed by atoms with E-state index in [4.69, 9.17) is 0 Å². The summed E-state index contributed by atoms with van der Waals surface area (Å²) in [5, 5.41) is 12.2. The van der Waals surface area contributed by atoms with Crippen molar-refractivity contribution in [3.8, 4) is 0 Å². The van der Waals surface area contributed by atoms with Gasteiger partial charge in [-0.3, -0.25) is 28.5 Å². The van der Waals surface area contributed by atoms with Gasteiger partial charge in [0.05, 0.1) is 25.5 Å². The van der Waals surface area contributed by atoms with Crippen LogP contribution in [0.4, 0.5) is 11.4 Å². The highest BCUT2D eigenvalue weighted by Gasteiger charge is 2.30. The number of nitrogens with one attached hydrogen (secondary N) is 1. The van der Waals surface area contributed by atoms with Crippen molar-refractivity contribution in [3.63, 3.8) is 0 Å². The number of piperidine rings is 2. The number of benzene rings is 4. The van der Waals surface area contributed by atoms with Crippen molar-refractivity contribution in [1.82, 2.24) is 29.8 Å². The second-order valence-electron chi connectivity index (χ2n) is 23.4. The molecular formula is C64H81ClN8O4. The van der Waals surface area contributed by atoms with Gasteiger partial charge >= 0.3 is 0 Å². The lowest BCUT2D eigenvalue weighted by molar-refractivity contribution is -0.121. The molecule has 6 heterocycles. The number of rotatable bonds is 14. The predicted octanol–water partition coefficient (Wildman–Crippen LogP) is 11.3. The molecule has 2 fully saturated rings. The molecule has 2 saturated heterocycles. The minimum absolute atomic E-state index is 0. The maximum absolute atomic E-state index is 13.8. The predicted molar refractivity (Wildman–Crippen MR) is 310 cm³/mol. The molecule has 4 aliphatic rings. The zero-order chi connectivity index (χ0) is 53.5. The Balaban J connectivity index is 0.000000203. The molecule has 2 aromatic heterocycles. The molecule has 13 heteroatoms. The van der Waals surface area contributed by atoms with E-state index in [1.54, 1.807) is 0 Å². The fraction of sp³-hybridized carbons (Fsp3) is 0.469. The molecule has 12 nitrogen and oxygen atoms in total. The smallest absolute Gasteiger partial charge is 0.258 e. The lowest BCUT2D eigenvalue weighted by Crippen LogP contribution is -2.36. The normalized spacial score (nSPS) is 15.9. The van der Waals surface area contributed by atoms with Crippen molar-refractivity contribution in [2.24, 2.45) is 31.3 Å². The van der Waals surface area contributed by atoms with Gasteiger partial charge in [0.1, 0.15) is 11.6 Å². The third-order valence-electron chi connectivity index (χ3n) is 16.6. The largest absolute Gasteiger partial charge is 0.317 e. The quantitative estimate of drug-likeness (QED) is 0.114. The van der Waals surface area contributed by atoms with Crippen LogP contribution in [0.1, 0.15) is 155 Å². The van der Waals surface area contributed by atoms with Crippen molar-refractivity contribution < 1.29 is 19.2 Å². The molecule has 0 spiro atoms. The number of carbonyl (C=O) groups is 4. The van der Waals surface area contributed by atoms with Crippen LogP contribution >= 0.6 is 12.4 Å². The van der Waals surface area contributed by atoms with Gasteiger partial charge in [-0.05, 0) is 179 Å². The summed E-state index contributed by atoms with van der Waals surface area (Å²) in [5.41, 5.74) is 14.8. The average Bonchev–Trinajstić information content (AvgIpc) is 3.81. The third-order valence-corrected chi connectivity index (χ3v) is 16.6. The minimum Gasteiger partial charge on any atom is -0.317 e. The molecular weight excluding hydrogens is 980 g/mol. The number of ketones is 2. The third kappa shape index (κ3) is 14.3. The van der Waals surface area contributed by atoms with Crippen LogP contribution in [0.3, 0.4) is 0 Å². The number of anilines is 2. The van der Waals surface area contributed by atoms with Gasteiger partial charge in [0.25, 0.3) is 11.8 Å². The molecule has 2 amide bonds. The molecule has 4 aliphatic heterocycles. The van der Waals surface area contributed by atoms with Crippen LogP contribution in [0.15, 0.2) is 97.3 Å². The van der Waals surface area contributed by atoms with Crippen LogP contribution in [0.5, 0.6) is 0 Å². The molecule has 6 aromatic rings. The Hall–Kier alpha value is -6.21. The number of fused-ring (bicyclic) bond motifs is 4. The monoisotopic (exact) mass is 1060 g/mol. The number of hydrogen-bond acceptors (Lipinski definition) is 8. The maximum Gasteiger partial charge on any atom is 0.258 e. The number of halogens is 1. The van der Waals surface area contributed by atoms with Gasteiger partial charge in [0.15, 0.2) is 0 Å². The summed E-state index contributed by atoms with van der Waals surface area (Å²) in [6, 6.07) is 28.2. The Kier molecular flexibility index (Phi) is 18.9. The van der Waals surface area contributed by atoms with E-state index < -0.39 is 0 Å². The first-order valence-corrected chi connectivity index (χ1v) is 28.0. The molecule has 0 aliphatic carbocycles. The van der Waals surface area contributed by atoms with E-state index in [2.05, 4.69) is 60.2 Å². The van der Waals surface area contributed by atoms with Crippen molar-refractivity contribution in [2.45, 2.75) is 131 Å². The van der Waals surface area contributed by atoms with Crippen molar-refractivity contribution >= 4 is 47.2 Å². The summed E-state index contributed by atoms with van der Waals surface area (Å²) in [6.07, 6.45) is 14.9. The molecule has 0 saturated carbocycles. The molecule has 1 N–H and O–H groups in total. The van der Waals surface area contributed by atoms with E-state index in [0.29, 0.717) is 78.7 Å². The molecule has 0 atom stereocenters. The minimum atomic E-state index is -0.00853. The molecule has 10 rings (SSSR count). The highest BCUT2D eigenvalue weighted by molar-refractivity contribution is 6.07. The van der Waals surface area contributed by atoms with Crippen LogP contribution in [-0.4, -0.2) is 80.6 Å². The first kappa shape index (κ1) is 57.0. The summed E-state index contributed by atoms with van der Waals surface area (Å²) >= 11 is 0. The topological polar surface area (TPSA) is 126 Å². The van der Waals surface area contributed by atoms with Gasteiger partial charge in [0.2, 0.25) is 0 Å². The summed E-state index contributed by atoms with van der Waals surface area (Å²) < 4.78 is 3.82. The number of para-hydroxylation sites is 2. The standard InChI is InChI=1S/C35H46N4O2.C29H34N4O2.ClH/c1-25-20-29(34(41)39-24-30-23-36-37(5)33(30)22-28-8-6-7-9-32(28)39)11-10-27(25)12-13-31(40)21-26-14-17-38(18-15-26)19-16-35(2,3)4;1-20-15-24(8-7-22(20)9-10-26(34)16-21-11-13-30-14-12-21)29(35)33-19-25-18-31-32(2)28(25)17-23-5-3-4-6-27(23)33;/h6-11,20,23,26H,12-19,21-22,24H2,1-5H3;3-8,15,18,21,30H,9-14,16-17,19H2,1-2H3;1H. The summed E-state index contributed by atoms with van der Waals surface area (Å²) in [7, 11) is 3.92.